The van der Waals surface area contributed by atoms with Gasteiger partial charge in [-0.25, -0.2) is 0 Å². The van der Waals surface area contributed by atoms with Crippen LogP contribution in [0.15, 0.2) is 42.5 Å². The van der Waals surface area contributed by atoms with Crippen LogP contribution >= 0.6 is 0 Å². The maximum atomic E-state index is 12.7. The molecule has 1 N–H and O–H groups in total. The molecule has 0 aliphatic carbocycles. The lowest BCUT2D eigenvalue weighted by Crippen LogP contribution is -2.50. The Labute approximate surface area is 167 Å². The van der Waals surface area contributed by atoms with Gasteiger partial charge >= 0.3 is 0 Å². The molecule has 0 bridgehead atoms. The monoisotopic (exact) mass is 379 g/mol. The molecule has 28 heavy (non-hydrogen) atoms. The van der Waals surface area contributed by atoms with Crippen molar-refractivity contribution in [1.82, 2.24) is 9.80 Å². The molecule has 1 fully saturated rings. The smallest absolute Gasteiger partial charge is 0.253 e. The molecule has 0 saturated carbocycles. The molecule has 2 amide bonds. The molecule has 2 aromatic carbocycles. The van der Waals surface area contributed by atoms with Gasteiger partial charge in [0.2, 0.25) is 5.91 Å². The molecule has 5 nitrogen and oxygen atoms in total. The van der Waals surface area contributed by atoms with Gasteiger partial charge in [0, 0.05) is 37.4 Å². The van der Waals surface area contributed by atoms with E-state index in [0.29, 0.717) is 32.7 Å². The van der Waals surface area contributed by atoms with Gasteiger partial charge in [-0.1, -0.05) is 31.2 Å². The van der Waals surface area contributed by atoms with Crippen molar-refractivity contribution in [1.29, 1.82) is 0 Å². The van der Waals surface area contributed by atoms with Crippen molar-refractivity contribution in [3.05, 3.63) is 64.7 Å². The van der Waals surface area contributed by atoms with Crippen molar-refractivity contribution in [3.8, 4) is 0 Å². The minimum Gasteiger partial charge on any atom is -0.336 e. The number of benzene rings is 2. The Hall–Kier alpha value is -2.66. The largest absolute Gasteiger partial charge is 0.336 e. The molecule has 0 aromatic heterocycles. The highest BCUT2D eigenvalue weighted by Crippen LogP contribution is 2.18. The highest BCUT2D eigenvalue weighted by atomic mass is 16.2. The van der Waals surface area contributed by atoms with Crippen LogP contribution in [0.25, 0.3) is 0 Å². The number of hydrogen-bond acceptors (Lipinski definition) is 3. The van der Waals surface area contributed by atoms with E-state index < -0.39 is 0 Å². The molecular formula is C23H29N3O2. The van der Waals surface area contributed by atoms with Gasteiger partial charge in [-0.15, -0.1) is 0 Å². The summed E-state index contributed by atoms with van der Waals surface area (Å²) in [5, 5.41) is 3.01. The van der Waals surface area contributed by atoms with E-state index in [-0.39, 0.29) is 11.8 Å². The molecule has 5 heteroatoms. The van der Waals surface area contributed by atoms with Crippen LogP contribution in [0.2, 0.25) is 0 Å². The molecule has 1 aliphatic heterocycles. The van der Waals surface area contributed by atoms with Crippen molar-refractivity contribution in [2.45, 2.75) is 27.2 Å². The van der Waals surface area contributed by atoms with Crippen LogP contribution in [0.4, 0.5) is 5.69 Å². The van der Waals surface area contributed by atoms with E-state index in [1.807, 2.05) is 61.2 Å². The minimum atomic E-state index is -0.0105. The summed E-state index contributed by atoms with van der Waals surface area (Å²) in [6, 6.07) is 13.8. The van der Waals surface area contributed by atoms with Crippen LogP contribution in [-0.4, -0.2) is 54.3 Å². The van der Waals surface area contributed by atoms with Crippen LogP contribution < -0.4 is 5.32 Å². The fourth-order valence-electron chi connectivity index (χ4n) is 3.45. The molecule has 1 saturated heterocycles. The Bertz CT molecular complexity index is 837. The average molecular weight is 380 g/mol. The summed E-state index contributed by atoms with van der Waals surface area (Å²) in [4.78, 5) is 29.1. The third-order valence-corrected chi connectivity index (χ3v) is 5.51. The standard InChI is InChI=1S/C23H29N3O2/c1-4-19-8-10-20(11-9-19)23(28)26-14-12-25(13-15-26)16-22(27)24-21-7-5-6-17(2)18(21)3/h5-11H,4,12-16H2,1-3H3,(H,24,27). The Balaban J connectivity index is 1.50. The van der Waals surface area contributed by atoms with Crippen molar-refractivity contribution in [3.63, 3.8) is 0 Å². The number of carbonyl (C=O) groups is 2. The van der Waals surface area contributed by atoms with Crippen molar-refractivity contribution >= 4 is 17.5 Å². The van der Waals surface area contributed by atoms with Crippen LogP contribution in [0.5, 0.6) is 0 Å². The third kappa shape index (κ3) is 4.78. The lowest BCUT2D eigenvalue weighted by atomic mass is 10.1. The Morgan fingerprint density at radius 1 is 0.964 bits per heavy atom. The summed E-state index contributed by atoms with van der Waals surface area (Å²) in [6.45, 7) is 9.21. The maximum absolute atomic E-state index is 12.7. The van der Waals surface area contributed by atoms with Gasteiger partial charge in [0.1, 0.15) is 0 Å². The summed E-state index contributed by atoms with van der Waals surface area (Å²) >= 11 is 0. The molecule has 1 aliphatic rings. The molecule has 148 valence electrons. The van der Waals surface area contributed by atoms with E-state index in [2.05, 4.69) is 17.1 Å². The van der Waals surface area contributed by atoms with Gasteiger partial charge in [-0.05, 0) is 55.2 Å². The van der Waals surface area contributed by atoms with Crippen LogP contribution in [-0.2, 0) is 11.2 Å². The van der Waals surface area contributed by atoms with Crippen LogP contribution in [0, 0.1) is 13.8 Å². The van der Waals surface area contributed by atoms with E-state index in [1.54, 1.807) is 0 Å². The van der Waals surface area contributed by atoms with E-state index in [9.17, 15) is 9.59 Å². The normalized spacial score (nSPS) is 14.8. The number of carbonyl (C=O) groups excluding carboxylic acids is 2. The molecule has 2 aromatic rings. The summed E-state index contributed by atoms with van der Waals surface area (Å²) in [6.07, 6.45) is 0.970. The molecule has 3 rings (SSSR count). The van der Waals surface area contributed by atoms with Crippen molar-refractivity contribution < 1.29 is 9.59 Å². The second-order valence-electron chi connectivity index (χ2n) is 7.41. The summed E-state index contributed by atoms with van der Waals surface area (Å²) in [5.74, 6) is 0.0609. The number of hydrogen-bond donors (Lipinski definition) is 1. The van der Waals surface area contributed by atoms with Gasteiger partial charge in [0.05, 0.1) is 6.54 Å². The predicted octanol–water partition coefficient (Wildman–Crippen LogP) is 3.26. The predicted molar refractivity (Wildman–Crippen MR) is 113 cm³/mol. The number of rotatable bonds is 5. The summed E-state index contributed by atoms with van der Waals surface area (Å²) in [5.41, 5.74) is 5.10. The number of nitrogens with one attached hydrogen (secondary N) is 1. The SMILES string of the molecule is CCc1ccc(C(=O)N2CCN(CC(=O)Nc3cccc(C)c3C)CC2)cc1. The molecular weight excluding hydrogens is 350 g/mol. The summed E-state index contributed by atoms with van der Waals surface area (Å²) in [7, 11) is 0. The quantitative estimate of drug-likeness (QED) is 0.868. The highest BCUT2D eigenvalue weighted by molar-refractivity contribution is 5.94. The van der Waals surface area contributed by atoms with Gasteiger partial charge in [0.15, 0.2) is 0 Å². The number of nitrogens with zero attached hydrogens (tertiary/aromatic N) is 2. The van der Waals surface area contributed by atoms with Gasteiger partial charge in [-0.2, -0.15) is 0 Å². The second kappa shape index (κ2) is 9.02. The third-order valence-electron chi connectivity index (χ3n) is 5.51. The maximum Gasteiger partial charge on any atom is 0.253 e. The van der Waals surface area contributed by atoms with E-state index in [0.717, 1.165) is 28.8 Å². The van der Waals surface area contributed by atoms with Gasteiger partial charge in [0.25, 0.3) is 5.91 Å². The number of piperazine rings is 1. The van der Waals surface area contributed by atoms with Crippen molar-refractivity contribution in [2.75, 3.05) is 38.0 Å². The van der Waals surface area contributed by atoms with Crippen molar-refractivity contribution in [2.24, 2.45) is 0 Å². The first-order chi connectivity index (χ1) is 13.5. The molecule has 1 heterocycles. The Morgan fingerprint density at radius 2 is 1.64 bits per heavy atom. The zero-order valence-electron chi connectivity index (χ0n) is 17.0. The first-order valence-corrected chi connectivity index (χ1v) is 9.94. The second-order valence-corrected chi connectivity index (χ2v) is 7.41. The zero-order chi connectivity index (χ0) is 20.1. The van der Waals surface area contributed by atoms with Gasteiger partial charge in [-0.3, -0.25) is 14.5 Å². The molecule has 0 unspecified atom stereocenters. The Morgan fingerprint density at radius 3 is 2.29 bits per heavy atom. The van der Waals surface area contributed by atoms with E-state index >= 15 is 0 Å². The van der Waals surface area contributed by atoms with E-state index in [4.69, 9.17) is 0 Å². The number of amides is 2. The van der Waals surface area contributed by atoms with E-state index in [1.165, 1.54) is 5.56 Å². The lowest BCUT2D eigenvalue weighted by molar-refractivity contribution is -0.117. The lowest BCUT2D eigenvalue weighted by Gasteiger charge is -2.34. The minimum absolute atomic E-state index is 0.0105. The summed E-state index contributed by atoms with van der Waals surface area (Å²) < 4.78 is 0. The zero-order valence-corrected chi connectivity index (χ0v) is 17.0. The molecule has 0 atom stereocenters. The average Bonchev–Trinajstić information content (AvgIpc) is 2.71. The number of anilines is 1. The van der Waals surface area contributed by atoms with Crippen LogP contribution in [0.1, 0.15) is 34.0 Å². The van der Waals surface area contributed by atoms with Crippen LogP contribution in [0.3, 0.4) is 0 Å². The molecule has 0 radical (unpaired) electrons. The molecule has 0 spiro atoms. The first kappa shape index (κ1) is 20.1. The Kier molecular flexibility index (Phi) is 6.47. The highest BCUT2D eigenvalue weighted by Gasteiger charge is 2.23. The first-order valence-electron chi connectivity index (χ1n) is 9.94. The number of aryl methyl sites for hydroxylation is 2. The fraction of sp³-hybridized carbons (Fsp3) is 0.391. The topological polar surface area (TPSA) is 52.7 Å². The van der Waals surface area contributed by atoms with Gasteiger partial charge < -0.3 is 10.2 Å². The fourth-order valence-corrected chi connectivity index (χ4v) is 3.45.